The molecule has 0 unspecified atom stereocenters. The second-order valence-electron chi connectivity index (χ2n) is 6.29. The highest BCUT2D eigenvalue weighted by Crippen LogP contribution is 2.25. The fourth-order valence-electron chi connectivity index (χ4n) is 3.11. The van der Waals surface area contributed by atoms with Gasteiger partial charge in [-0.05, 0) is 44.0 Å². The van der Waals surface area contributed by atoms with Gasteiger partial charge < -0.3 is 14.4 Å². The van der Waals surface area contributed by atoms with Crippen molar-refractivity contribution in [2.24, 2.45) is 5.92 Å². The summed E-state index contributed by atoms with van der Waals surface area (Å²) < 4.78 is 24.9. The lowest BCUT2D eigenvalue weighted by Gasteiger charge is -2.30. The van der Waals surface area contributed by atoms with Crippen molar-refractivity contribution in [3.05, 3.63) is 42.0 Å². The molecule has 0 aliphatic carbocycles. The van der Waals surface area contributed by atoms with Crippen LogP contribution >= 0.6 is 0 Å². The fraction of sp³-hybridized carbons (Fsp3) is 0.421. The molecule has 1 amide bonds. The van der Waals surface area contributed by atoms with Gasteiger partial charge in [-0.2, -0.15) is 5.10 Å². The monoisotopic (exact) mass is 375 g/mol. The molecule has 1 aromatic heterocycles. The summed E-state index contributed by atoms with van der Waals surface area (Å²) in [5, 5.41) is 4.33. The zero-order valence-corrected chi connectivity index (χ0v) is 15.4. The molecule has 1 saturated heterocycles. The van der Waals surface area contributed by atoms with E-state index in [9.17, 15) is 14.0 Å². The van der Waals surface area contributed by atoms with Gasteiger partial charge in [0.25, 0.3) is 5.91 Å². The molecule has 2 heterocycles. The summed E-state index contributed by atoms with van der Waals surface area (Å²) in [5.74, 6) is -0.638. The molecule has 8 heteroatoms. The minimum absolute atomic E-state index is 0.173. The number of likely N-dealkylation sites (tertiary alicyclic amines) is 1. The van der Waals surface area contributed by atoms with Crippen molar-refractivity contribution in [3.63, 3.8) is 0 Å². The Balaban J connectivity index is 1.73. The molecule has 1 aliphatic heterocycles. The van der Waals surface area contributed by atoms with Gasteiger partial charge >= 0.3 is 5.97 Å². The number of ether oxygens (including phenoxy) is 2. The van der Waals surface area contributed by atoms with Crippen LogP contribution in [0, 0.1) is 11.7 Å². The lowest BCUT2D eigenvalue weighted by Crippen LogP contribution is -2.41. The number of carbonyl (C=O) groups excluding carboxylic acids is 2. The first-order valence-corrected chi connectivity index (χ1v) is 8.89. The number of halogens is 1. The molecule has 7 nitrogen and oxygen atoms in total. The van der Waals surface area contributed by atoms with Crippen LogP contribution in [-0.2, 0) is 9.53 Å². The normalized spacial score (nSPS) is 14.9. The lowest BCUT2D eigenvalue weighted by atomic mass is 9.97. The minimum Gasteiger partial charge on any atom is -0.493 e. The maximum Gasteiger partial charge on any atom is 0.309 e. The maximum absolute atomic E-state index is 13.1. The van der Waals surface area contributed by atoms with E-state index in [1.54, 1.807) is 30.2 Å². The Bertz CT molecular complexity index is 811. The second kappa shape index (κ2) is 8.20. The summed E-state index contributed by atoms with van der Waals surface area (Å²) >= 11 is 0. The van der Waals surface area contributed by atoms with E-state index >= 15 is 0 Å². The van der Waals surface area contributed by atoms with Crippen molar-refractivity contribution >= 4 is 11.9 Å². The third-order valence-electron chi connectivity index (χ3n) is 4.60. The van der Waals surface area contributed by atoms with E-state index in [1.165, 1.54) is 23.9 Å². The van der Waals surface area contributed by atoms with Crippen LogP contribution in [0.15, 0.2) is 30.5 Å². The van der Waals surface area contributed by atoms with Gasteiger partial charge in [-0.25, -0.2) is 9.07 Å². The molecule has 27 heavy (non-hydrogen) atoms. The number of hydrogen-bond acceptors (Lipinski definition) is 5. The Labute approximate surface area is 156 Å². The molecule has 144 valence electrons. The Morgan fingerprint density at radius 3 is 2.48 bits per heavy atom. The first-order valence-electron chi connectivity index (χ1n) is 8.89. The third kappa shape index (κ3) is 4.10. The van der Waals surface area contributed by atoms with Crippen LogP contribution in [0.4, 0.5) is 4.39 Å². The number of hydrogen-bond donors (Lipinski definition) is 0. The van der Waals surface area contributed by atoms with E-state index < -0.39 is 0 Å². The number of piperidine rings is 1. The summed E-state index contributed by atoms with van der Waals surface area (Å²) in [4.78, 5) is 26.4. The van der Waals surface area contributed by atoms with Gasteiger partial charge in [-0.1, -0.05) is 0 Å². The molecule has 1 fully saturated rings. The van der Waals surface area contributed by atoms with Crippen molar-refractivity contribution < 1.29 is 23.5 Å². The highest BCUT2D eigenvalue weighted by molar-refractivity contribution is 5.95. The van der Waals surface area contributed by atoms with E-state index in [4.69, 9.17) is 9.47 Å². The average molecular weight is 375 g/mol. The fourth-order valence-corrected chi connectivity index (χ4v) is 3.11. The Hall–Kier alpha value is -2.90. The number of methoxy groups -OCH3 is 1. The molecule has 0 spiro atoms. The van der Waals surface area contributed by atoms with Gasteiger partial charge in [0.15, 0.2) is 11.4 Å². The number of benzene rings is 1. The van der Waals surface area contributed by atoms with Crippen molar-refractivity contribution in [2.45, 2.75) is 19.8 Å². The predicted octanol–water partition coefficient (Wildman–Crippen LogP) is 2.44. The average Bonchev–Trinajstić information content (AvgIpc) is 3.12. The maximum atomic E-state index is 13.1. The quantitative estimate of drug-likeness (QED) is 0.751. The number of esters is 1. The number of carbonyl (C=O) groups is 2. The van der Waals surface area contributed by atoms with Gasteiger partial charge in [0, 0.05) is 13.1 Å². The first kappa shape index (κ1) is 18.9. The Morgan fingerprint density at radius 1 is 1.22 bits per heavy atom. The molecular formula is C19H22FN3O4. The molecule has 1 aromatic carbocycles. The van der Waals surface area contributed by atoms with Gasteiger partial charge in [0.1, 0.15) is 5.82 Å². The number of nitrogens with zero attached hydrogens (tertiary/aromatic N) is 3. The van der Waals surface area contributed by atoms with Crippen LogP contribution in [0.25, 0.3) is 5.69 Å². The highest BCUT2D eigenvalue weighted by atomic mass is 19.1. The van der Waals surface area contributed by atoms with E-state index in [2.05, 4.69) is 5.10 Å². The molecule has 1 aliphatic rings. The summed E-state index contributed by atoms with van der Waals surface area (Å²) in [6.07, 6.45) is 2.71. The number of aromatic nitrogens is 2. The lowest BCUT2D eigenvalue weighted by molar-refractivity contribution is -0.149. The van der Waals surface area contributed by atoms with Gasteiger partial charge in [0.05, 0.1) is 31.5 Å². The van der Waals surface area contributed by atoms with Gasteiger partial charge in [0.2, 0.25) is 0 Å². The highest BCUT2D eigenvalue weighted by Gasteiger charge is 2.31. The van der Waals surface area contributed by atoms with Gasteiger partial charge in [-0.15, -0.1) is 0 Å². The number of amides is 1. The van der Waals surface area contributed by atoms with Crippen molar-refractivity contribution in [1.29, 1.82) is 0 Å². The number of rotatable bonds is 5. The molecular weight excluding hydrogens is 353 g/mol. The van der Waals surface area contributed by atoms with Gasteiger partial charge in [-0.3, -0.25) is 9.59 Å². The minimum atomic E-state index is -0.348. The Morgan fingerprint density at radius 2 is 1.89 bits per heavy atom. The van der Waals surface area contributed by atoms with E-state index in [0.29, 0.717) is 44.0 Å². The summed E-state index contributed by atoms with van der Waals surface area (Å²) in [6.45, 7) is 3.04. The first-order chi connectivity index (χ1) is 13.0. The molecule has 0 saturated carbocycles. The van der Waals surface area contributed by atoms with E-state index in [1.807, 2.05) is 0 Å². The van der Waals surface area contributed by atoms with Crippen molar-refractivity contribution in [1.82, 2.24) is 14.7 Å². The summed E-state index contributed by atoms with van der Waals surface area (Å²) in [6, 6.07) is 5.79. The van der Waals surface area contributed by atoms with Crippen LogP contribution in [0.3, 0.4) is 0 Å². The molecule has 0 N–H and O–H groups in total. The summed E-state index contributed by atoms with van der Waals surface area (Å²) in [5.41, 5.74) is 0.811. The standard InChI is InChI=1S/C19H22FN3O4/c1-3-27-19(25)13-8-10-22(11-9-13)18(24)17-16(26-2)12-23(21-17)15-6-4-14(20)5-7-15/h4-7,12-13H,3,8-11H2,1-2H3. The van der Waals surface area contributed by atoms with E-state index in [-0.39, 0.29) is 29.3 Å². The topological polar surface area (TPSA) is 73.7 Å². The van der Waals surface area contributed by atoms with Crippen LogP contribution < -0.4 is 4.74 Å². The molecule has 0 atom stereocenters. The summed E-state index contributed by atoms with van der Waals surface area (Å²) in [7, 11) is 1.47. The Kier molecular flexibility index (Phi) is 5.73. The van der Waals surface area contributed by atoms with Crippen molar-refractivity contribution in [3.8, 4) is 11.4 Å². The molecule has 0 radical (unpaired) electrons. The smallest absolute Gasteiger partial charge is 0.309 e. The zero-order valence-electron chi connectivity index (χ0n) is 15.4. The van der Waals surface area contributed by atoms with Crippen molar-refractivity contribution in [2.75, 3.05) is 26.8 Å². The second-order valence-corrected chi connectivity index (χ2v) is 6.29. The van der Waals surface area contributed by atoms with Crippen LogP contribution in [0.5, 0.6) is 5.75 Å². The van der Waals surface area contributed by atoms with Crippen LogP contribution in [0.2, 0.25) is 0 Å². The molecule has 0 bridgehead atoms. The zero-order chi connectivity index (χ0) is 19.4. The largest absolute Gasteiger partial charge is 0.493 e. The predicted molar refractivity (Wildman–Crippen MR) is 95.3 cm³/mol. The van der Waals surface area contributed by atoms with E-state index in [0.717, 1.165) is 0 Å². The van der Waals surface area contributed by atoms with Crippen LogP contribution in [-0.4, -0.2) is 53.4 Å². The van der Waals surface area contributed by atoms with Crippen LogP contribution in [0.1, 0.15) is 30.3 Å². The molecule has 2 aromatic rings. The third-order valence-corrected chi connectivity index (χ3v) is 4.60. The SMILES string of the molecule is CCOC(=O)C1CCN(C(=O)c2nn(-c3ccc(F)cc3)cc2OC)CC1. The molecule has 3 rings (SSSR count).